The molecule has 25 heavy (non-hydrogen) atoms. The normalized spacial score (nSPS) is 17.2. The van der Waals surface area contributed by atoms with E-state index in [1.165, 1.54) is 24.9 Å². The van der Waals surface area contributed by atoms with Crippen molar-refractivity contribution < 1.29 is 24.5 Å². The predicted molar refractivity (Wildman–Crippen MR) is 101 cm³/mol. The van der Waals surface area contributed by atoms with E-state index < -0.39 is 17.9 Å². The molecule has 1 atom stereocenters. The molecule has 134 valence electrons. The highest BCUT2D eigenvalue weighted by Gasteiger charge is 2.37. The lowest BCUT2D eigenvalue weighted by molar-refractivity contribution is -0.310. The fraction of sp³-hybridized carbons (Fsp3) is 0.312. The number of ether oxygens (including phenoxy) is 1. The Labute approximate surface area is 159 Å². The van der Waals surface area contributed by atoms with E-state index in [1.54, 1.807) is 18.2 Å². The minimum absolute atomic E-state index is 0.103. The average molecular weight is 399 g/mol. The number of aliphatic carboxylic acids is 1. The molecule has 1 fully saturated rings. The van der Waals surface area contributed by atoms with Gasteiger partial charge in [-0.05, 0) is 30.6 Å². The van der Waals surface area contributed by atoms with Crippen molar-refractivity contribution in [1.82, 2.24) is 4.90 Å². The quantitative estimate of drug-likeness (QED) is 0.546. The SMILES string of the molecule is COc1cccc(/C=C2\SC(=S)N([C@H](CCSC)C(=O)[O-])C2=O)c1O. The Balaban J connectivity index is 2.33. The topological polar surface area (TPSA) is 89.9 Å². The van der Waals surface area contributed by atoms with E-state index in [1.807, 2.05) is 6.26 Å². The Kier molecular flexibility index (Phi) is 6.74. The number of amides is 1. The van der Waals surface area contributed by atoms with Gasteiger partial charge < -0.3 is 19.7 Å². The van der Waals surface area contributed by atoms with Crippen LogP contribution >= 0.6 is 35.7 Å². The molecule has 1 saturated heterocycles. The van der Waals surface area contributed by atoms with Gasteiger partial charge in [-0.25, -0.2) is 0 Å². The summed E-state index contributed by atoms with van der Waals surface area (Å²) in [4.78, 5) is 25.4. The number of hydrogen-bond donors (Lipinski definition) is 1. The zero-order chi connectivity index (χ0) is 18.6. The molecule has 0 unspecified atom stereocenters. The lowest BCUT2D eigenvalue weighted by atomic mass is 10.1. The fourth-order valence-electron chi connectivity index (χ4n) is 2.29. The Bertz CT molecular complexity index is 734. The van der Waals surface area contributed by atoms with Crippen molar-refractivity contribution >= 4 is 58.0 Å². The number of hydrogen-bond acceptors (Lipinski definition) is 8. The maximum absolute atomic E-state index is 12.6. The van der Waals surface area contributed by atoms with Crippen molar-refractivity contribution in [2.75, 3.05) is 19.1 Å². The molecular formula is C16H16NO5S3-. The van der Waals surface area contributed by atoms with E-state index in [4.69, 9.17) is 17.0 Å². The summed E-state index contributed by atoms with van der Waals surface area (Å²) >= 11 is 7.65. The number of carbonyl (C=O) groups is 2. The predicted octanol–water partition coefficient (Wildman–Crippen LogP) is 1.47. The van der Waals surface area contributed by atoms with Crippen LogP contribution in [0.25, 0.3) is 6.08 Å². The molecular weight excluding hydrogens is 382 g/mol. The van der Waals surface area contributed by atoms with Crippen molar-refractivity contribution in [2.24, 2.45) is 0 Å². The van der Waals surface area contributed by atoms with Gasteiger partial charge in [0.2, 0.25) is 0 Å². The molecule has 0 radical (unpaired) electrons. The third-order valence-electron chi connectivity index (χ3n) is 3.54. The molecule has 9 heteroatoms. The number of para-hydroxylation sites is 1. The van der Waals surface area contributed by atoms with E-state index in [2.05, 4.69) is 0 Å². The highest BCUT2D eigenvalue weighted by atomic mass is 32.2. The molecule has 1 aromatic rings. The standard InChI is InChI=1S/C16H17NO5S3/c1-22-11-5-3-4-9(13(11)18)8-12-14(19)17(16(23)25-12)10(15(20)21)6-7-24-2/h3-5,8,10,18H,6-7H2,1-2H3,(H,20,21)/p-1/b12-8-/t10-/m1/s1. The Morgan fingerprint density at radius 1 is 1.56 bits per heavy atom. The first-order chi connectivity index (χ1) is 11.9. The summed E-state index contributed by atoms with van der Waals surface area (Å²) < 4.78 is 5.20. The van der Waals surface area contributed by atoms with Crippen LogP contribution in [0.4, 0.5) is 0 Å². The van der Waals surface area contributed by atoms with Crippen LogP contribution in [0.1, 0.15) is 12.0 Å². The number of carbonyl (C=O) groups excluding carboxylic acids is 2. The minimum atomic E-state index is -1.34. The van der Waals surface area contributed by atoms with Crippen LogP contribution in [0.5, 0.6) is 11.5 Å². The van der Waals surface area contributed by atoms with Crippen LogP contribution in [-0.4, -0.2) is 51.4 Å². The number of aromatic hydroxyl groups is 1. The second-order valence-corrected chi connectivity index (χ2v) is 7.73. The van der Waals surface area contributed by atoms with Crippen LogP contribution in [-0.2, 0) is 9.59 Å². The summed E-state index contributed by atoms with van der Waals surface area (Å²) in [7, 11) is 1.43. The molecule has 0 spiro atoms. The van der Waals surface area contributed by atoms with Crippen LogP contribution in [0.3, 0.4) is 0 Å². The van der Waals surface area contributed by atoms with Crippen LogP contribution in [0.2, 0.25) is 0 Å². The summed E-state index contributed by atoms with van der Waals surface area (Å²) in [5.74, 6) is -1.11. The van der Waals surface area contributed by atoms with Gasteiger partial charge in [-0.15, -0.1) is 0 Å². The first-order valence-corrected chi connectivity index (χ1v) is 9.85. The number of carboxylic acids is 1. The molecule has 1 aliphatic heterocycles. The van der Waals surface area contributed by atoms with Crippen LogP contribution < -0.4 is 9.84 Å². The summed E-state index contributed by atoms with van der Waals surface area (Å²) in [5.41, 5.74) is 0.383. The van der Waals surface area contributed by atoms with Gasteiger partial charge >= 0.3 is 0 Å². The highest BCUT2D eigenvalue weighted by Crippen LogP contribution is 2.37. The molecule has 1 heterocycles. The fourth-order valence-corrected chi connectivity index (χ4v) is 4.10. The van der Waals surface area contributed by atoms with Crippen molar-refractivity contribution in [3.05, 3.63) is 28.7 Å². The second-order valence-electron chi connectivity index (χ2n) is 5.07. The zero-order valence-electron chi connectivity index (χ0n) is 13.6. The number of thioether (sulfide) groups is 2. The lowest BCUT2D eigenvalue weighted by Gasteiger charge is -2.27. The van der Waals surface area contributed by atoms with Crippen molar-refractivity contribution in [1.29, 1.82) is 0 Å². The van der Waals surface area contributed by atoms with E-state index in [0.29, 0.717) is 11.3 Å². The van der Waals surface area contributed by atoms with Crippen molar-refractivity contribution in [3.8, 4) is 11.5 Å². The second kappa shape index (κ2) is 8.59. The molecule has 1 amide bonds. The van der Waals surface area contributed by atoms with Gasteiger partial charge in [0.1, 0.15) is 4.32 Å². The maximum Gasteiger partial charge on any atom is 0.266 e. The van der Waals surface area contributed by atoms with Crippen molar-refractivity contribution in [2.45, 2.75) is 12.5 Å². The number of nitrogens with zero attached hydrogens (tertiary/aromatic N) is 1. The van der Waals surface area contributed by atoms with Gasteiger partial charge in [0.25, 0.3) is 5.91 Å². The third-order valence-corrected chi connectivity index (χ3v) is 5.51. The average Bonchev–Trinajstić information content (AvgIpc) is 2.84. The highest BCUT2D eigenvalue weighted by molar-refractivity contribution is 8.26. The maximum atomic E-state index is 12.6. The number of thiocarbonyl (C=S) groups is 1. The summed E-state index contributed by atoms with van der Waals surface area (Å²) in [5, 5.41) is 21.6. The first kappa shape index (κ1) is 19.6. The molecule has 6 nitrogen and oxygen atoms in total. The number of carboxylic acid groups (broad SMARTS) is 1. The third kappa shape index (κ3) is 4.28. The smallest absolute Gasteiger partial charge is 0.266 e. The van der Waals surface area contributed by atoms with Gasteiger partial charge in [-0.3, -0.25) is 9.69 Å². The van der Waals surface area contributed by atoms with E-state index in [0.717, 1.165) is 16.7 Å². The molecule has 1 aliphatic rings. The molecule has 0 aliphatic carbocycles. The Morgan fingerprint density at radius 3 is 2.88 bits per heavy atom. The molecule has 0 aromatic heterocycles. The van der Waals surface area contributed by atoms with Gasteiger partial charge in [0, 0.05) is 5.56 Å². The molecule has 1 N–H and O–H groups in total. The largest absolute Gasteiger partial charge is 0.548 e. The number of phenols is 1. The monoisotopic (exact) mass is 398 g/mol. The van der Waals surface area contributed by atoms with Gasteiger partial charge in [-0.2, -0.15) is 11.8 Å². The van der Waals surface area contributed by atoms with Crippen LogP contribution in [0, 0.1) is 0 Å². The summed E-state index contributed by atoms with van der Waals surface area (Å²) in [6.07, 6.45) is 3.56. The molecule has 1 aromatic carbocycles. The van der Waals surface area contributed by atoms with Crippen molar-refractivity contribution in [3.63, 3.8) is 0 Å². The van der Waals surface area contributed by atoms with E-state index in [9.17, 15) is 19.8 Å². The lowest BCUT2D eigenvalue weighted by Crippen LogP contribution is -2.50. The van der Waals surface area contributed by atoms with Crippen LogP contribution in [0.15, 0.2) is 23.1 Å². The van der Waals surface area contributed by atoms with Gasteiger partial charge in [0.15, 0.2) is 11.5 Å². The zero-order valence-corrected chi connectivity index (χ0v) is 16.0. The number of methoxy groups -OCH3 is 1. The van der Waals surface area contributed by atoms with E-state index >= 15 is 0 Å². The van der Waals surface area contributed by atoms with E-state index in [-0.39, 0.29) is 27.1 Å². The Hall–Kier alpha value is -1.71. The molecule has 2 rings (SSSR count). The number of benzene rings is 1. The number of phenolic OH excluding ortho intramolecular Hbond substituents is 1. The molecule has 0 saturated carbocycles. The minimum Gasteiger partial charge on any atom is -0.548 e. The molecule has 0 bridgehead atoms. The van der Waals surface area contributed by atoms with Gasteiger partial charge in [-0.1, -0.05) is 36.1 Å². The number of rotatable bonds is 7. The summed E-state index contributed by atoms with van der Waals surface area (Å²) in [6.45, 7) is 0. The Morgan fingerprint density at radius 2 is 2.28 bits per heavy atom. The first-order valence-electron chi connectivity index (χ1n) is 7.23. The van der Waals surface area contributed by atoms with Gasteiger partial charge in [0.05, 0.1) is 24.0 Å². The summed E-state index contributed by atoms with van der Waals surface area (Å²) in [6, 6.07) is 3.78.